The third-order valence-electron chi connectivity index (χ3n) is 5.03. The highest BCUT2D eigenvalue weighted by Gasteiger charge is 2.19. The van der Waals surface area contributed by atoms with Gasteiger partial charge in [0.2, 0.25) is 5.95 Å². The lowest BCUT2D eigenvalue weighted by molar-refractivity contribution is 0.122. The average Bonchev–Trinajstić information content (AvgIpc) is 3.21. The Morgan fingerprint density at radius 2 is 1.97 bits per heavy atom. The zero-order chi connectivity index (χ0) is 21.4. The fraction of sp³-hybridized carbons (Fsp3) is 0.250. The van der Waals surface area contributed by atoms with E-state index in [2.05, 4.69) is 25.3 Å². The van der Waals surface area contributed by atoms with E-state index in [1.807, 2.05) is 4.90 Å². The van der Waals surface area contributed by atoms with Crippen LogP contribution in [-0.4, -0.2) is 63.4 Å². The fourth-order valence-corrected chi connectivity index (χ4v) is 3.48. The van der Waals surface area contributed by atoms with Crippen LogP contribution in [0.5, 0.6) is 5.75 Å². The van der Waals surface area contributed by atoms with Gasteiger partial charge in [-0.25, -0.2) is 14.4 Å². The minimum absolute atomic E-state index is 0.0667. The van der Waals surface area contributed by atoms with Crippen molar-refractivity contribution in [2.75, 3.05) is 38.3 Å². The number of ether oxygens (including phenoxy) is 2. The molecule has 0 bridgehead atoms. The Bertz CT molecular complexity index is 1300. The molecular formula is C20H18FN7O3. The van der Waals surface area contributed by atoms with Crippen LogP contribution in [0.2, 0.25) is 0 Å². The molecule has 1 N–H and O–H groups in total. The molecule has 4 aromatic rings. The van der Waals surface area contributed by atoms with Gasteiger partial charge in [-0.15, -0.1) is 0 Å². The van der Waals surface area contributed by atoms with Crippen LogP contribution in [0.4, 0.5) is 10.3 Å². The zero-order valence-electron chi connectivity index (χ0n) is 16.6. The van der Waals surface area contributed by atoms with Crippen molar-refractivity contribution in [1.82, 2.24) is 29.9 Å². The monoisotopic (exact) mass is 423 g/mol. The standard InChI is InChI=1S/C20H18FN7O3/c1-30-15-4-2-3-13(21)19(15)28-16(29)9-14-18(26-28)17(25-24-14)12-10-22-20(23-11-12)27-5-7-31-8-6-27/h2-4,9-11,24H,5-8H2,1H3. The van der Waals surface area contributed by atoms with Crippen molar-refractivity contribution in [3.63, 3.8) is 0 Å². The largest absolute Gasteiger partial charge is 0.494 e. The number of anilines is 1. The first-order chi connectivity index (χ1) is 15.2. The summed E-state index contributed by atoms with van der Waals surface area (Å²) in [5, 5.41) is 11.4. The maximum absolute atomic E-state index is 14.5. The van der Waals surface area contributed by atoms with Crippen LogP contribution in [0.15, 0.2) is 41.5 Å². The minimum atomic E-state index is -0.628. The lowest BCUT2D eigenvalue weighted by atomic mass is 10.2. The summed E-state index contributed by atoms with van der Waals surface area (Å²) >= 11 is 0. The van der Waals surface area contributed by atoms with E-state index < -0.39 is 11.4 Å². The summed E-state index contributed by atoms with van der Waals surface area (Å²) in [5.74, 6) is 0.168. The molecule has 0 atom stereocenters. The second-order valence-electron chi connectivity index (χ2n) is 6.89. The molecule has 31 heavy (non-hydrogen) atoms. The third kappa shape index (κ3) is 3.38. The van der Waals surface area contributed by atoms with Crippen molar-refractivity contribution in [2.24, 2.45) is 0 Å². The van der Waals surface area contributed by atoms with Gasteiger partial charge in [-0.3, -0.25) is 9.89 Å². The Morgan fingerprint density at radius 3 is 2.71 bits per heavy atom. The Balaban J connectivity index is 1.59. The maximum atomic E-state index is 14.5. The Labute approximate surface area is 175 Å². The first-order valence-electron chi connectivity index (χ1n) is 9.62. The normalized spacial score (nSPS) is 14.2. The van der Waals surface area contributed by atoms with Crippen molar-refractivity contribution in [3.8, 4) is 22.7 Å². The van der Waals surface area contributed by atoms with E-state index in [1.54, 1.807) is 18.5 Å². The summed E-state index contributed by atoms with van der Waals surface area (Å²) in [6.45, 7) is 2.72. The van der Waals surface area contributed by atoms with Crippen LogP contribution in [-0.2, 0) is 4.74 Å². The molecule has 0 aliphatic carbocycles. The SMILES string of the molecule is COc1cccc(F)c1-n1nc2c(-c3cnc(N4CCOCC4)nc3)n[nH]c2cc1=O. The topological polar surface area (TPSA) is 111 Å². The molecule has 11 heteroatoms. The average molecular weight is 423 g/mol. The van der Waals surface area contributed by atoms with Crippen molar-refractivity contribution in [2.45, 2.75) is 0 Å². The number of hydrogen-bond donors (Lipinski definition) is 1. The van der Waals surface area contributed by atoms with Gasteiger partial charge in [0.05, 0.1) is 25.8 Å². The Morgan fingerprint density at radius 1 is 1.19 bits per heavy atom. The number of hydrogen-bond acceptors (Lipinski definition) is 8. The Hall–Kier alpha value is -3.86. The predicted octanol–water partition coefficient (Wildman–Crippen LogP) is 1.55. The molecule has 158 valence electrons. The summed E-state index contributed by atoms with van der Waals surface area (Å²) in [5.41, 5.74) is 1.28. The number of benzene rings is 1. The Kier molecular flexibility index (Phi) is 4.79. The summed E-state index contributed by atoms with van der Waals surface area (Å²) < 4.78 is 26.1. The number of rotatable bonds is 4. The first kappa shape index (κ1) is 19.1. The molecule has 1 fully saturated rings. The minimum Gasteiger partial charge on any atom is -0.494 e. The molecule has 3 aromatic heterocycles. The smallest absolute Gasteiger partial charge is 0.273 e. The van der Waals surface area contributed by atoms with Crippen molar-refractivity contribution < 1.29 is 13.9 Å². The molecule has 0 radical (unpaired) electrons. The number of morpholine rings is 1. The molecule has 0 amide bonds. The molecule has 0 unspecified atom stereocenters. The number of nitrogens with zero attached hydrogens (tertiary/aromatic N) is 6. The second kappa shape index (κ2) is 7.76. The number of nitrogens with one attached hydrogen (secondary N) is 1. The van der Waals surface area contributed by atoms with Gasteiger partial charge in [0, 0.05) is 37.1 Å². The van der Waals surface area contributed by atoms with Gasteiger partial charge in [0.15, 0.2) is 5.82 Å². The van der Waals surface area contributed by atoms with Gasteiger partial charge in [0.25, 0.3) is 5.56 Å². The number of aromatic amines is 1. The summed E-state index contributed by atoms with van der Waals surface area (Å²) in [4.78, 5) is 23.5. The van der Waals surface area contributed by atoms with Crippen LogP contribution in [0.1, 0.15) is 0 Å². The van der Waals surface area contributed by atoms with Crippen LogP contribution < -0.4 is 15.2 Å². The number of halogens is 1. The number of H-pyrrole nitrogens is 1. The zero-order valence-corrected chi connectivity index (χ0v) is 16.6. The van der Waals surface area contributed by atoms with Crippen LogP contribution in [0.25, 0.3) is 28.0 Å². The molecular weight excluding hydrogens is 405 g/mol. The van der Waals surface area contributed by atoms with Gasteiger partial charge in [0.1, 0.15) is 22.6 Å². The molecule has 1 aromatic carbocycles. The van der Waals surface area contributed by atoms with Gasteiger partial charge < -0.3 is 14.4 Å². The van der Waals surface area contributed by atoms with E-state index in [1.165, 1.54) is 25.3 Å². The molecule has 10 nitrogen and oxygen atoms in total. The number of para-hydroxylation sites is 1. The summed E-state index contributed by atoms with van der Waals surface area (Å²) in [6, 6.07) is 5.61. The van der Waals surface area contributed by atoms with Gasteiger partial charge in [-0.2, -0.15) is 14.9 Å². The highest BCUT2D eigenvalue weighted by molar-refractivity contribution is 5.88. The van der Waals surface area contributed by atoms with Gasteiger partial charge in [-0.05, 0) is 12.1 Å². The van der Waals surface area contributed by atoms with E-state index in [9.17, 15) is 9.18 Å². The highest BCUT2D eigenvalue weighted by Crippen LogP contribution is 2.27. The number of aromatic nitrogens is 6. The second-order valence-corrected chi connectivity index (χ2v) is 6.89. The quantitative estimate of drug-likeness (QED) is 0.526. The van der Waals surface area contributed by atoms with Crippen molar-refractivity contribution >= 4 is 17.0 Å². The van der Waals surface area contributed by atoms with E-state index >= 15 is 0 Å². The molecule has 1 saturated heterocycles. The van der Waals surface area contributed by atoms with Crippen molar-refractivity contribution in [3.05, 3.63) is 52.8 Å². The first-order valence-corrected chi connectivity index (χ1v) is 9.62. The number of fused-ring (bicyclic) bond motifs is 1. The molecule has 5 rings (SSSR count). The van der Waals surface area contributed by atoms with Gasteiger partial charge in [-0.1, -0.05) is 6.07 Å². The van der Waals surface area contributed by atoms with E-state index in [0.717, 1.165) is 17.8 Å². The van der Waals surface area contributed by atoms with E-state index in [4.69, 9.17) is 9.47 Å². The third-order valence-corrected chi connectivity index (χ3v) is 5.03. The molecule has 0 saturated carbocycles. The number of methoxy groups -OCH3 is 1. The van der Waals surface area contributed by atoms with Crippen LogP contribution in [0, 0.1) is 5.82 Å². The van der Waals surface area contributed by atoms with Gasteiger partial charge >= 0.3 is 0 Å². The predicted molar refractivity (Wildman–Crippen MR) is 110 cm³/mol. The maximum Gasteiger partial charge on any atom is 0.273 e. The van der Waals surface area contributed by atoms with Crippen LogP contribution in [0.3, 0.4) is 0 Å². The van der Waals surface area contributed by atoms with E-state index in [-0.39, 0.29) is 11.4 Å². The molecule has 0 spiro atoms. The lowest BCUT2D eigenvalue weighted by Gasteiger charge is -2.26. The fourth-order valence-electron chi connectivity index (χ4n) is 3.48. The highest BCUT2D eigenvalue weighted by atomic mass is 19.1. The molecule has 1 aliphatic rings. The molecule has 4 heterocycles. The lowest BCUT2D eigenvalue weighted by Crippen LogP contribution is -2.37. The van der Waals surface area contributed by atoms with Crippen molar-refractivity contribution in [1.29, 1.82) is 0 Å². The summed E-state index contributed by atoms with van der Waals surface area (Å²) in [6.07, 6.45) is 3.29. The van der Waals surface area contributed by atoms with E-state index in [0.29, 0.717) is 41.5 Å². The van der Waals surface area contributed by atoms with Crippen LogP contribution >= 0.6 is 0 Å². The molecule has 1 aliphatic heterocycles. The summed E-state index contributed by atoms with van der Waals surface area (Å²) in [7, 11) is 1.40.